The minimum absolute atomic E-state index is 0.0145. The van der Waals surface area contributed by atoms with Crippen molar-refractivity contribution in [1.82, 2.24) is 18.1 Å². The van der Waals surface area contributed by atoms with E-state index < -0.39 is 32.5 Å². The van der Waals surface area contributed by atoms with Gasteiger partial charge < -0.3 is 10.4 Å². The molecule has 35 heavy (non-hydrogen) atoms. The van der Waals surface area contributed by atoms with Crippen molar-refractivity contribution in [2.24, 2.45) is 0 Å². The zero-order chi connectivity index (χ0) is 25.3. The molecular formula is C22H29F2N5O4S2. The van der Waals surface area contributed by atoms with Gasteiger partial charge in [-0.1, -0.05) is 19.3 Å². The number of hydrogen-bond acceptors (Lipinski definition) is 7. The summed E-state index contributed by atoms with van der Waals surface area (Å²) in [7, 11) is -4.15. The Morgan fingerprint density at radius 3 is 2.51 bits per heavy atom. The number of carbonyl (C=O) groups is 1. The van der Waals surface area contributed by atoms with Crippen molar-refractivity contribution in [2.45, 2.75) is 56.3 Å². The van der Waals surface area contributed by atoms with Gasteiger partial charge in [0.2, 0.25) is 20.9 Å². The molecular weight excluding hydrogens is 500 g/mol. The summed E-state index contributed by atoms with van der Waals surface area (Å²) in [6.45, 7) is 1.06. The summed E-state index contributed by atoms with van der Waals surface area (Å²) < 4.78 is 61.0. The summed E-state index contributed by atoms with van der Waals surface area (Å²) in [5, 5.41) is 12.0. The molecule has 0 aliphatic carbocycles. The summed E-state index contributed by atoms with van der Waals surface area (Å²) in [4.78, 5) is 15.1. The van der Waals surface area contributed by atoms with E-state index in [2.05, 4.69) is 14.7 Å². The fourth-order valence-electron chi connectivity index (χ4n) is 3.65. The van der Waals surface area contributed by atoms with Gasteiger partial charge in [0.25, 0.3) is 0 Å². The molecule has 0 bridgehead atoms. The summed E-state index contributed by atoms with van der Waals surface area (Å²) in [5.74, 6) is -2.13. The summed E-state index contributed by atoms with van der Waals surface area (Å²) in [6, 6.07) is 2.43. The molecule has 0 saturated heterocycles. The van der Waals surface area contributed by atoms with Gasteiger partial charge in [0.15, 0.2) is 0 Å². The molecule has 0 fully saturated rings. The first-order valence-electron chi connectivity index (χ1n) is 11.5. The molecule has 13 heteroatoms. The molecule has 0 spiro atoms. The minimum Gasteiger partial charge on any atom is -0.481 e. The maximum atomic E-state index is 14.2. The number of hydrogen-bond donors (Lipinski definition) is 2. The van der Waals surface area contributed by atoms with Crippen LogP contribution in [-0.4, -0.2) is 57.2 Å². The smallest absolute Gasteiger partial charge is 0.303 e. The third kappa shape index (κ3) is 7.67. The van der Waals surface area contributed by atoms with Crippen LogP contribution in [0.25, 0.3) is 4.96 Å². The van der Waals surface area contributed by atoms with E-state index in [-0.39, 0.29) is 19.5 Å². The maximum Gasteiger partial charge on any atom is 0.303 e. The Morgan fingerprint density at radius 1 is 1.09 bits per heavy atom. The van der Waals surface area contributed by atoms with Crippen molar-refractivity contribution < 1.29 is 27.1 Å². The average Bonchev–Trinajstić information content (AvgIpc) is 3.41. The minimum atomic E-state index is -4.15. The molecule has 0 amide bonds. The van der Waals surface area contributed by atoms with Crippen LogP contribution >= 0.6 is 11.5 Å². The quantitative estimate of drug-likeness (QED) is 0.265. The van der Waals surface area contributed by atoms with Crippen LogP contribution in [0.1, 0.15) is 51.4 Å². The number of aromatic nitrogens is 3. The van der Waals surface area contributed by atoms with Crippen LogP contribution in [0.3, 0.4) is 0 Å². The molecule has 2 aromatic heterocycles. The number of imidazole rings is 1. The normalized spacial score (nSPS) is 12.0. The largest absolute Gasteiger partial charge is 0.481 e. The van der Waals surface area contributed by atoms with E-state index in [4.69, 9.17) is 5.11 Å². The first kappa shape index (κ1) is 27.0. The van der Waals surface area contributed by atoms with Crippen molar-refractivity contribution >= 4 is 38.4 Å². The van der Waals surface area contributed by atoms with Crippen LogP contribution in [0.2, 0.25) is 0 Å². The highest BCUT2D eigenvalue weighted by molar-refractivity contribution is 7.89. The zero-order valence-corrected chi connectivity index (χ0v) is 20.8. The van der Waals surface area contributed by atoms with E-state index in [1.807, 2.05) is 10.6 Å². The highest BCUT2D eigenvalue weighted by atomic mass is 32.2. The van der Waals surface area contributed by atoms with Crippen LogP contribution in [-0.2, 0) is 14.8 Å². The number of carboxylic acid groups (broad SMARTS) is 1. The van der Waals surface area contributed by atoms with E-state index >= 15 is 0 Å². The topological polar surface area (TPSA) is 117 Å². The number of nitrogens with one attached hydrogen (secondary N) is 1. The number of halogens is 2. The van der Waals surface area contributed by atoms with Gasteiger partial charge in [-0.25, -0.2) is 22.2 Å². The summed E-state index contributed by atoms with van der Waals surface area (Å²) in [6.07, 6.45) is 8.07. The second-order valence-electron chi connectivity index (χ2n) is 8.11. The van der Waals surface area contributed by atoms with E-state index in [0.29, 0.717) is 38.3 Å². The van der Waals surface area contributed by atoms with E-state index in [0.717, 1.165) is 42.3 Å². The van der Waals surface area contributed by atoms with Crippen molar-refractivity contribution in [3.8, 4) is 0 Å². The van der Waals surface area contributed by atoms with Gasteiger partial charge in [0, 0.05) is 56.0 Å². The van der Waals surface area contributed by atoms with E-state index in [9.17, 15) is 22.0 Å². The van der Waals surface area contributed by atoms with Crippen molar-refractivity contribution in [2.75, 3.05) is 25.0 Å². The number of anilines is 1. The Hall–Kier alpha value is -2.64. The first-order chi connectivity index (χ1) is 16.8. The molecule has 3 rings (SSSR count). The molecule has 192 valence electrons. The molecule has 1 aromatic carbocycles. The molecule has 3 aromatic rings. The first-order valence-corrected chi connectivity index (χ1v) is 13.7. The standard InChI is InChI=1S/C22H29F2N5O4S2/c23-17-9-10-19(18(24)16-17)35(32,33)28(14-7-3-4-8-20(30)31)13-6-2-1-5-11-25-21-27-34-22-26-12-15-29(21)22/h9-10,12,15-16H,1-8,11,13-14H2,(H,25,27)(H,30,31). The number of aliphatic carboxylic acids is 1. The molecule has 0 radical (unpaired) electrons. The maximum absolute atomic E-state index is 14.2. The Bertz CT molecular complexity index is 1220. The molecule has 9 nitrogen and oxygen atoms in total. The molecule has 0 saturated carbocycles. The molecule has 2 N–H and O–H groups in total. The lowest BCUT2D eigenvalue weighted by molar-refractivity contribution is -0.137. The molecule has 0 atom stereocenters. The van der Waals surface area contributed by atoms with Gasteiger partial charge in [0.05, 0.1) is 0 Å². The lowest BCUT2D eigenvalue weighted by Gasteiger charge is -2.22. The number of rotatable bonds is 16. The van der Waals surface area contributed by atoms with Crippen LogP contribution in [0.4, 0.5) is 14.7 Å². The summed E-state index contributed by atoms with van der Waals surface area (Å²) >= 11 is 1.31. The number of unbranched alkanes of at least 4 members (excludes halogenated alkanes) is 5. The summed E-state index contributed by atoms with van der Waals surface area (Å²) in [5.41, 5.74) is 0. The Balaban J connectivity index is 1.48. The van der Waals surface area contributed by atoms with Gasteiger partial charge >= 0.3 is 5.97 Å². The third-order valence-electron chi connectivity index (χ3n) is 5.48. The van der Waals surface area contributed by atoms with Crippen LogP contribution in [0, 0.1) is 11.6 Å². The Kier molecular flexibility index (Phi) is 9.93. The predicted molar refractivity (Wildman–Crippen MR) is 129 cm³/mol. The average molecular weight is 530 g/mol. The number of fused-ring (bicyclic) bond motifs is 1. The van der Waals surface area contributed by atoms with Crippen LogP contribution in [0.15, 0.2) is 35.5 Å². The second kappa shape index (κ2) is 12.9. The van der Waals surface area contributed by atoms with Crippen LogP contribution < -0.4 is 5.32 Å². The van der Waals surface area contributed by atoms with E-state index in [1.54, 1.807) is 6.20 Å². The second-order valence-corrected chi connectivity index (χ2v) is 10.7. The van der Waals surface area contributed by atoms with Gasteiger partial charge in [-0.3, -0.25) is 9.20 Å². The molecule has 0 unspecified atom stereocenters. The fraction of sp³-hybridized carbons (Fsp3) is 0.500. The number of carboxylic acids is 1. The zero-order valence-electron chi connectivity index (χ0n) is 19.2. The Labute approximate surface area is 207 Å². The van der Waals surface area contributed by atoms with Gasteiger partial charge in [-0.15, -0.1) is 0 Å². The molecule has 0 aliphatic rings. The monoisotopic (exact) mass is 529 g/mol. The third-order valence-corrected chi connectivity index (χ3v) is 8.14. The van der Waals surface area contributed by atoms with E-state index in [1.165, 1.54) is 15.8 Å². The van der Waals surface area contributed by atoms with Gasteiger partial charge in [-0.05, 0) is 37.8 Å². The van der Waals surface area contributed by atoms with Gasteiger partial charge in [0.1, 0.15) is 16.5 Å². The lowest BCUT2D eigenvalue weighted by atomic mass is 10.2. The van der Waals surface area contributed by atoms with Crippen LogP contribution in [0.5, 0.6) is 0 Å². The number of sulfonamides is 1. The highest BCUT2D eigenvalue weighted by Crippen LogP contribution is 2.22. The Morgan fingerprint density at radius 2 is 1.80 bits per heavy atom. The van der Waals surface area contributed by atoms with Crippen molar-refractivity contribution in [1.29, 1.82) is 0 Å². The highest BCUT2D eigenvalue weighted by Gasteiger charge is 2.27. The predicted octanol–water partition coefficient (Wildman–Crippen LogP) is 4.38. The number of benzene rings is 1. The fourth-order valence-corrected chi connectivity index (χ4v) is 5.87. The molecule has 0 aliphatic heterocycles. The molecule has 2 heterocycles. The SMILES string of the molecule is O=C(O)CCCCCN(CCCCCCNc1nsc2nccn12)S(=O)(=O)c1ccc(F)cc1F. The number of nitrogens with zero attached hydrogens (tertiary/aromatic N) is 4. The van der Waals surface area contributed by atoms with Gasteiger partial charge in [-0.2, -0.15) is 8.68 Å². The van der Waals surface area contributed by atoms with Crippen molar-refractivity contribution in [3.63, 3.8) is 0 Å². The van der Waals surface area contributed by atoms with Crippen molar-refractivity contribution in [3.05, 3.63) is 42.2 Å². The lowest BCUT2D eigenvalue weighted by Crippen LogP contribution is -2.33.